The van der Waals surface area contributed by atoms with Crippen LogP contribution in [0.2, 0.25) is 15.1 Å². The normalized spacial score (nSPS) is 18.2. The highest BCUT2D eigenvalue weighted by Gasteiger charge is 2.56. The number of carbonyl (C=O) groups is 2. The number of anilines is 2. The van der Waals surface area contributed by atoms with Gasteiger partial charge in [-0.15, -0.1) is 0 Å². The molecular formula is C18H17Cl3N4O4. The van der Waals surface area contributed by atoms with Gasteiger partial charge in [0.05, 0.1) is 10.0 Å². The first-order valence-corrected chi connectivity index (χ1v) is 9.49. The summed E-state index contributed by atoms with van der Waals surface area (Å²) in [6.45, 7) is 2.99. The molecule has 3 N–H and O–H groups in total. The van der Waals surface area contributed by atoms with Gasteiger partial charge in [0.1, 0.15) is 5.54 Å². The summed E-state index contributed by atoms with van der Waals surface area (Å²) in [5.41, 5.74) is -0.789. The molecule has 0 aromatic heterocycles. The second-order valence-electron chi connectivity index (χ2n) is 6.88. The number of halogens is 3. The lowest BCUT2D eigenvalue weighted by Gasteiger charge is -2.36. The van der Waals surface area contributed by atoms with Gasteiger partial charge in [0.25, 0.3) is 0 Å². The highest BCUT2D eigenvalue weighted by molar-refractivity contribution is 6.42. The van der Waals surface area contributed by atoms with Gasteiger partial charge in [-0.1, -0.05) is 40.9 Å². The molecule has 4 amide bonds. The second-order valence-corrected chi connectivity index (χ2v) is 8.13. The number of amides is 4. The maximum Gasteiger partial charge on any atom is 0.350 e. The molecule has 3 rings (SSSR count). The van der Waals surface area contributed by atoms with E-state index in [1.807, 2.05) is 0 Å². The van der Waals surface area contributed by atoms with Crippen molar-refractivity contribution in [2.45, 2.75) is 25.6 Å². The summed E-state index contributed by atoms with van der Waals surface area (Å²) < 4.78 is 0. The largest absolute Gasteiger partial charge is 0.350 e. The van der Waals surface area contributed by atoms with E-state index in [9.17, 15) is 20.0 Å². The SMILES string of the molecule is CC1(C)C(N(O)C(=O)Nc2ccc(Cl)c(Cl)c2)N(c2cccc(Cl)c2)C(=O)N1O. The predicted molar refractivity (Wildman–Crippen MR) is 110 cm³/mol. The van der Waals surface area contributed by atoms with Crippen LogP contribution in [0.25, 0.3) is 0 Å². The maximum absolute atomic E-state index is 12.7. The lowest BCUT2D eigenvalue weighted by atomic mass is 10.0. The second kappa shape index (κ2) is 7.89. The van der Waals surface area contributed by atoms with Crippen molar-refractivity contribution < 1.29 is 20.0 Å². The minimum atomic E-state index is -1.36. The summed E-state index contributed by atoms with van der Waals surface area (Å²) in [7, 11) is 0. The van der Waals surface area contributed by atoms with Crippen molar-refractivity contribution in [3.05, 3.63) is 57.5 Å². The van der Waals surface area contributed by atoms with Crippen LogP contribution in [0, 0.1) is 0 Å². The molecule has 1 atom stereocenters. The van der Waals surface area contributed by atoms with Crippen LogP contribution in [-0.2, 0) is 0 Å². The summed E-state index contributed by atoms with van der Waals surface area (Å²) in [6, 6.07) is 8.87. The van der Waals surface area contributed by atoms with Gasteiger partial charge < -0.3 is 5.32 Å². The molecule has 11 heteroatoms. The van der Waals surface area contributed by atoms with Gasteiger partial charge in [0, 0.05) is 16.4 Å². The lowest BCUT2D eigenvalue weighted by Crippen LogP contribution is -2.57. The van der Waals surface area contributed by atoms with Crippen LogP contribution in [0.1, 0.15) is 13.8 Å². The molecule has 2 aromatic carbocycles. The number of hydrogen-bond donors (Lipinski definition) is 3. The summed E-state index contributed by atoms with van der Waals surface area (Å²) in [4.78, 5) is 26.4. The standard InChI is InChI=1S/C18H17Cl3N4O4/c1-18(2)15(23(17(27)25(18)29)12-5-3-4-10(19)8-12)24(28)16(26)22-11-6-7-13(20)14(21)9-11/h3-9,15,28-29H,1-2H3,(H,22,26). The third-order valence-electron chi connectivity index (χ3n) is 4.51. The molecule has 0 aliphatic carbocycles. The molecule has 8 nitrogen and oxygen atoms in total. The highest BCUT2D eigenvalue weighted by atomic mass is 35.5. The Morgan fingerprint density at radius 2 is 1.83 bits per heavy atom. The number of nitrogens with zero attached hydrogens (tertiary/aromatic N) is 3. The van der Waals surface area contributed by atoms with E-state index in [1.165, 1.54) is 38.1 Å². The Morgan fingerprint density at radius 3 is 2.45 bits per heavy atom. The minimum absolute atomic E-state index is 0.215. The zero-order valence-corrected chi connectivity index (χ0v) is 17.6. The van der Waals surface area contributed by atoms with Crippen molar-refractivity contribution >= 4 is 58.2 Å². The van der Waals surface area contributed by atoms with Gasteiger partial charge in [-0.25, -0.2) is 9.59 Å². The maximum atomic E-state index is 12.7. The minimum Gasteiger partial charge on any atom is -0.306 e. The van der Waals surface area contributed by atoms with E-state index in [1.54, 1.807) is 18.2 Å². The Kier molecular flexibility index (Phi) is 5.84. The van der Waals surface area contributed by atoms with Gasteiger partial charge >= 0.3 is 12.1 Å². The molecule has 29 heavy (non-hydrogen) atoms. The fourth-order valence-electron chi connectivity index (χ4n) is 3.03. The van der Waals surface area contributed by atoms with Crippen LogP contribution in [0.3, 0.4) is 0 Å². The number of nitrogens with one attached hydrogen (secondary N) is 1. The molecule has 0 bridgehead atoms. The zero-order chi connectivity index (χ0) is 21.5. The molecule has 154 valence electrons. The number of benzene rings is 2. The van der Waals surface area contributed by atoms with E-state index >= 15 is 0 Å². The number of urea groups is 2. The molecule has 1 saturated heterocycles. The van der Waals surface area contributed by atoms with Crippen LogP contribution in [0.15, 0.2) is 42.5 Å². The smallest absolute Gasteiger partial charge is 0.306 e. The van der Waals surface area contributed by atoms with Crippen molar-refractivity contribution in [1.82, 2.24) is 10.1 Å². The molecule has 1 aliphatic heterocycles. The molecule has 0 saturated carbocycles. The van der Waals surface area contributed by atoms with Crippen LogP contribution in [-0.4, -0.2) is 44.3 Å². The Hall–Kier alpha value is -2.23. The Bertz CT molecular complexity index is 972. The first-order valence-electron chi connectivity index (χ1n) is 8.36. The Morgan fingerprint density at radius 1 is 1.14 bits per heavy atom. The first kappa shape index (κ1) is 21.5. The van der Waals surface area contributed by atoms with E-state index < -0.39 is 23.8 Å². The third kappa shape index (κ3) is 3.94. The molecule has 0 spiro atoms. The van der Waals surface area contributed by atoms with Crippen LogP contribution < -0.4 is 10.2 Å². The van der Waals surface area contributed by atoms with E-state index in [0.717, 1.165) is 4.90 Å². The van der Waals surface area contributed by atoms with Gasteiger partial charge in [-0.05, 0) is 50.2 Å². The number of carbonyl (C=O) groups excluding carboxylic acids is 2. The van der Waals surface area contributed by atoms with Crippen molar-refractivity contribution in [3.8, 4) is 0 Å². The van der Waals surface area contributed by atoms with Crippen molar-refractivity contribution in [2.75, 3.05) is 10.2 Å². The number of hydroxylamine groups is 4. The molecule has 1 unspecified atom stereocenters. The molecule has 1 heterocycles. The van der Waals surface area contributed by atoms with Gasteiger partial charge in [-0.3, -0.25) is 15.3 Å². The molecular weight excluding hydrogens is 443 g/mol. The Balaban J connectivity index is 1.94. The van der Waals surface area contributed by atoms with Crippen LogP contribution in [0.4, 0.5) is 21.0 Å². The summed E-state index contributed by atoms with van der Waals surface area (Å²) in [5.74, 6) is 0. The average molecular weight is 460 g/mol. The molecule has 1 aliphatic rings. The van der Waals surface area contributed by atoms with E-state index in [2.05, 4.69) is 5.32 Å². The molecule has 0 radical (unpaired) electrons. The predicted octanol–water partition coefficient (Wildman–Crippen LogP) is 5.31. The van der Waals surface area contributed by atoms with E-state index in [0.29, 0.717) is 25.9 Å². The van der Waals surface area contributed by atoms with Crippen molar-refractivity contribution in [3.63, 3.8) is 0 Å². The zero-order valence-electron chi connectivity index (χ0n) is 15.3. The summed E-state index contributed by atoms with van der Waals surface area (Å²) in [5, 5.41) is 25.1. The molecule has 1 fully saturated rings. The summed E-state index contributed by atoms with van der Waals surface area (Å²) >= 11 is 17.8. The average Bonchev–Trinajstić information content (AvgIpc) is 2.84. The Labute approximate surface area is 181 Å². The topological polar surface area (TPSA) is 96.3 Å². The fraction of sp³-hybridized carbons (Fsp3) is 0.222. The fourth-order valence-corrected chi connectivity index (χ4v) is 3.51. The lowest BCUT2D eigenvalue weighted by molar-refractivity contribution is -0.150. The number of rotatable bonds is 3. The molecule has 2 aromatic rings. The van der Waals surface area contributed by atoms with E-state index in [4.69, 9.17) is 34.8 Å². The number of hydrogen-bond acceptors (Lipinski definition) is 4. The monoisotopic (exact) mass is 458 g/mol. The van der Waals surface area contributed by atoms with Crippen molar-refractivity contribution in [1.29, 1.82) is 0 Å². The first-order chi connectivity index (χ1) is 13.5. The van der Waals surface area contributed by atoms with Crippen LogP contribution in [0.5, 0.6) is 0 Å². The summed E-state index contributed by atoms with van der Waals surface area (Å²) in [6.07, 6.45) is -1.28. The van der Waals surface area contributed by atoms with Gasteiger partial charge in [-0.2, -0.15) is 10.1 Å². The van der Waals surface area contributed by atoms with Crippen LogP contribution >= 0.6 is 34.8 Å². The van der Waals surface area contributed by atoms with Crippen molar-refractivity contribution in [2.24, 2.45) is 0 Å². The van der Waals surface area contributed by atoms with Gasteiger partial charge in [0.2, 0.25) is 0 Å². The highest BCUT2D eigenvalue weighted by Crippen LogP contribution is 2.37. The van der Waals surface area contributed by atoms with Gasteiger partial charge in [0.15, 0.2) is 6.17 Å². The third-order valence-corrected chi connectivity index (χ3v) is 5.48. The quantitative estimate of drug-likeness (QED) is 0.428. The van der Waals surface area contributed by atoms with E-state index in [-0.39, 0.29) is 10.7 Å².